The first-order valence-electron chi connectivity index (χ1n) is 9.46. The van der Waals surface area contributed by atoms with Crippen molar-refractivity contribution in [3.8, 4) is 11.5 Å². The monoisotopic (exact) mass is 406 g/mol. The maximum absolute atomic E-state index is 13.2. The number of nitrogens with one attached hydrogen (secondary N) is 1. The molecule has 2 aromatic carbocycles. The summed E-state index contributed by atoms with van der Waals surface area (Å²) in [6, 6.07) is 15.1. The number of hydrogen-bond donors (Lipinski definition) is 1. The van der Waals surface area contributed by atoms with Crippen LogP contribution in [0.25, 0.3) is 0 Å². The molecule has 0 saturated heterocycles. The molecule has 1 aliphatic rings. The molecule has 0 aliphatic heterocycles. The molecule has 0 fully saturated rings. The Balaban J connectivity index is 1.64. The normalized spacial score (nSPS) is 12.8. The Morgan fingerprint density at radius 2 is 1.86 bits per heavy atom. The highest BCUT2D eigenvalue weighted by atomic mass is 32.1. The molecule has 0 spiro atoms. The smallest absolute Gasteiger partial charge is 0.259 e. The van der Waals surface area contributed by atoms with Crippen molar-refractivity contribution in [2.45, 2.75) is 19.3 Å². The van der Waals surface area contributed by atoms with Crippen LogP contribution >= 0.6 is 11.3 Å². The molecule has 0 saturated carbocycles. The van der Waals surface area contributed by atoms with Gasteiger partial charge >= 0.3 is 0 Å². The number of ether oxygens (including phenoxy) is 2. The third-order valence-electron chi connectivity index (χ3n) is 4.93. The second-order valence-electron chi connectivity index (χ2n) is 6.72. The number of thiophene rings is 1. The van der Waals surface area contributed by atoms with Crippen LogP contribution in [0.15, 0.2) is 53.5 Å². The first-order valence-corrected chi connectivity index (χ1v) is 10.3. The van der Waals surface area contributed by atoms with Crippen LogP contribution in [0, 0.1) is 0 Å². The van der Waals surface area contributed by atoms with Gasteiger partial charge in [-0.3, -0.25) is 4.79 Å². The molecule has 1 amide bonds. The Bertz CT molecular complexity index is 1050. The number of fused-ring (bicyclic) bond motifs is 1. The number of methoxy groups -OCH3 is 2. The molecule has 5 nitrogen and oxygen atoms in total. The van der Waals surface area contributed by atoms with E-state index >= 15 is 0 Å². The summed E-state index contributed by atoms with van der Waals surface area (Å²) in [7, 11) is 3.24. The molecule has 0 bridgehead atoms. The van der Waals surface area contributed by atoms with Crippen LogP contribution in [0.5, 0.6) is 11.5 Å². The van der Waals surface area contributed by atoms with Crippen LogP contribution in [0.1, 0.15) is 32.8 Å². The Morgan fingerprint density at radius 3 is 2.62 bits per heavy atom. The average molecular weight is 407 g/mol. The van der Waals surface area contributed by atoms with Gasteiger partial charge in [-0.15, -0.1) is 11.3 Å². The Morgan fingerprint density at radius 1 is 1.07 bits per heavy atom. The van der Waals surface area contributed by atoms with E-state index < -0.39 is 0 Å². The highest BCUT2D eigenvalue weighted by Gasteiger charge is 2.26. The van der Waals surface area contributed by atoms with Crippen molar-refractivity contribution >= 4 is 34.1 Å². The second kappa shape index (κ2) is 8.49. The van der Waals surface area contributed by atoms with Crippen LogP contribution in [0.2, 0.25) is 0 Å². The third kappa shape index (κ3) is 4.03. The van der Waals surface area contributed by atoms with Gasteiger partial charge in [-0.2, -0.15) is 0 Å². The number of aliphatic imine (C=N–C) groups is 1. The fraction of sp³-hybridized carbons (Fsp3) is 0.217. The number of benzene rings is 2. The Labute approximate surface area is 174 Å². The van der Waals surface area contributed by atoms with Crippen LogP contribution in [-0.2, 0) is 12.8 Å². The fourth-order valence-electron chi connectivity index (χ4n) is 3.47. The van der Waals surface area contributed by atoms with Gasteiger partial charge in [0.25, 0.3) is 5.91 Å². The van der Waals surface area contributed by atoms with Crippen LogP contribution in [0.3, 0.4) is 0 Å². The van der Waals surface area contributed by atoms with E-state index in [1.807, 2.05) is 48.5 Å². The van der Waals surface area contributed by atoms with Gasteiger partial charge in [-0.05, 0) is 66.8 Å². The summed E-state index contributed by atoms with van der Waals surface area (Å²) in [5.74, 6) is 1.29. The van der Waals surface area contributed by atoms with Crippen molar-refractivity contribution in [1.82, 2.24) is 0 Å². The minimum Gasteiger partial charge on any atom is -0.497 e. The van der Waals surface area contributed by atoms with E-state index in [0.29, 0.717) is 17.0 Å². The molecular weight excluding hydrogens is 384 g/mol. The Kier molecular flexibility index (Phi) is 5.62. The summed E-state index contributed by atoms with van der Waals surface area (Å²) < 4.78 is 10.6. The number of amides is 1. The quantitative estimate of drug-likeness (QED) is 0.568. The van der Waals surface area contributed by atoms with E-state index in [-0.39, 0.29) is 5.91 Å². The zero-order chi connectivity index (χ0) is 20.2. The second-order valence-corrected chi connectivity index (χ2v) is 7.81. The van der Waals surface area contributed by atoms with Gasteiger partial charge in [0.2, 0.25) is 0 Å². The number of hydrogen-bond acceptors (Lipinski definition) is 5. The van der Waals surface area contributed by atoms with Crippen LogP contribution in [0.4, 0.5) is 10.7 Å². The molecule has 1 aromatic heterocycles. The lowest BCUT2D eigenvalue weighted by Gasteiger charge is -2.10. The first-order chi connectivity index (χ1) is 14.2. The van der Waals surface area contributed by atoms with E-state index in [9.17, 15) is 4.79 Å². The van der Waals surface area contributed by atoms with E-state index in [1.165, 1.54) is 4.88 Å². The van der Waals surface area contributed by atoms with Gasteiger partial charge in [0.1, 0.15) is 16.5 Å². The van der Waals surface area contributed by atoms with Crippen LogP contribution < -0.4 is 14.8 Å². The predicted octanol–water partition coefficient (Wildman–Crippen LogP) is 5.26. The van der Waals surface area contributed by atoms with Crippen molar-refractivity contribution in [3.63, 3.8) is 0 Å². The lowest BCUT2D eigenvalue weighted by molar-refractivity contribution is 0.102. The van der Waals surface area contributed by atoms with Crippen molar-refractivity contribution in [2.24, 2.45) is 4.99 Å². The van der Waals surface area contributed by atoms with E-state index in [0.717, 1.165) is 41.1 Å². The van der Waals surface area contributed by atoms with Crippen molar-refractivity contribution in [2.75, 3.05) is 19.5 Å². The van der Waals surface area contributed by atoms with Crippen LogP contribution in [-0.4, -0.2) is 26.3 Å². The molecule has 1 N–H and O–H groups in total. The van der Waals surface area contributed by atoms with Crippen molar-refractivity contribution < 1.29 is 14.3 Å². The standard InChI is InChI=1S/C23H22N2O3S/c1-27-16-12-10-15(11-13-16)14-24-23-21(17-6-5-9-20(17)29-23)22(26)25-18-7-3-4-8-19(18)28-2/h3-4,7-8,10-14H,5-6,9H2,1-2H3,(H,25,26). The Hall–Kier alpha value is -3.12. The number of nitrogens with zero attached hydrogens (tertiary/aromatic N) is 1. The number of anilines is 1. The maximum Gasteiger partial charge on any atom is 0.259 e. The topological polar surface area (TPSA) is 59.9 Å². The number of carbonyl (C=O) groups is 1. The van der Waals surface area contributed by atoms with E-state index in [4.69, 9.17) is 9.47 Å². The number of carbonyl (C=O) groups excluding carboxylic acids is 1. The highest BCUT2D eigenvalue weighted by Crippen LogP contribution is 2.41. The summed E-state index contributed by atoms with van der Waals surface area (Å²) in [5.41, 5.74) is 3.42. The molecule has 1 heterocycles. The molecule has 1 aliphatic carbocycles. The highest BCUT2D eigenvalue weighted by molar-refractivity contribution is 7.16. The SMILES string of the molecule is COc1ccc(C=Nc2sc3c(c2C(=O)Nc2ccccc2OC)CCC3)cc1. The number of para-hydroxylation sites is 2. The van der Waals surface area contributed by atoms with Gasteiger partial charge < -0.3 is 14.8 Å². The average Bonchev–Trinajstić information content (AvgIpc) is 3.33. The molecule has 6 heteroatoms. The minimum absolute atomic E-state index is 0.143. The largest absolute Gasteiger partial charge is 0.497 e. The predicted molar refractivity (Wildman–Crippen MR) is 118 cm³/mol. The molecule has 0 atom stereocenters. The zero-order valence-corrected chi connectivity index (χ0v) is 17.2. The zero-order valence-electron chi connectivity index (χ0n) is 16.4. The van der Waals surface area contributed by atoms with Crippen molar-refractivity contribution in [3.05, 3.63) is 70.1 Å². The molecule has 29 heavy (non-hydrogen) atoms. The summed E-state index contributed by atoms with van der Waals surface area (Å²) in [4.78, 5) is 19.1. The molecule has 0 unspecified atom stereocenters. The van der Waals surface area contributed by atoms with E-state index in [2.05, 4.69) is 10.3 Å². The molecule has 3 aromatic rings. The summed E-state index contributed by atoms with van der Waals surface area (Å²) in [6.07, 6.45) is 4.80. The van der Waals surface area contributed by atoms with Gasteiger partial charge in [-0.25, -0.2) is 4.99 Å². The molecular formula is C23H22N2O3S. The first kappa shape index (κ1) is 19.2. The number of aryl methyl sites for hydroxylation is 1. The summed E-state index contributed by atoms with van der Waals surface area (Å²) >= 11 is 1.61. The van der Waals surface area contributed by atoms with Gasteiger partial charge in [0.15, 0.2) is 0 Å². The third-order valence-corrected chi connectivity index (χ3v) is 6.13. The summed E-state index contributed by atoms with van der Waals surface area (Å²) in [5, 5.41) is 3.75. The van der Waals surface area contributed by atoms with Gasteiger partial charge in [-0.1, -0.05) is 12.1 Å². The lowest BCUT2D eigenvalue weighted by atomic mass is 10.1. The molecule has 4 rings (SSSR count). The number of rotatable bonds is 6. The minimum atomic E-state index is -0.143. The van der Waals surface area contributed by atoms with E-state index in [1.54, 1.807) is 31.8 Å². The van der Waals surface area contributed by atoms with Crippen molar-refractivity contribution in [1.29, 1.82) is 0 Å². The lowest BCUT2D eigenvalue weighted by Crippen LogP contribution is -2.13. The molecule has 148 valence electrons. The fourth-order valence-corrected chi connectivity index (χ4v) is 4.70. The van der Waals surface area contributed by atoms with Gasteiger partial charge in [0, 0.05) is 11.1 Å². The maximum atomic E-state index is 13.2. The molecule has 0 radical (unpaired) electrons. The van der Waals surface area contributed by atoms with Gasteiger partial charge in [0.05, 0.1) is 25.5 Å². The summed E-state index contributed by atoms with van der Waals surface area (Å²) in [6.45, 7) is 0.